The molecule has 1 rings (SSSR count). The topological polar surface area (TPSA) is 36.9 Å². The maximum absolute atomic E-state index is 5.71. The summed E-state index contributed by atoms with van der Waals surface area (Å²) in [6, 6.07) is 8.45. The van der Waals surface area contributed by atoms with E-state index in [0.717, 1.165) is 12.2 Å². The molecule has 0 saturated heterocycles. The minimum absolute atomic E-state index is 0.555. The largest absolute Gasteiger partial charge is 0.491 e. The fraction of sp³-hybridized carbons (Fsp3) is 0.652. The highest BCUT2D eigenvalue weighted by atomic mass is 16.6. The zero-order valence-electron chi connectivity index (χ0n) is 17.1. The van der Waals surface area contributed by atoms with E-state index in [9.17, 15) is 0 Å². The lowest BCUT2D eigenvalue weighted by molar-refractivity contribution is 0.0135. The van der Waals surface area contributed by atoms with Gasteiger partial charge in [-0.2, -0.15) is 0 Å². The average molecular weight is 379 g/mol. The maximum atomic E-state index is 5.71. The van der Waals surface area contributed by atoms with Crippen LogP contribution in [0.15, 0.2) is 36.9 Å². The minimum atomic E-state index is 0.555. The highest BCUT2D eigenvalue weighted by molar-refractivity contribution is 5.27. The Bertz CT molecular complexity index is 444. The van der Waals surface area contributed by atoms with E-state index in [1.54, 1.807) is 6.08 Å². The Morgan fingerprint density at radius 1 is 0.741 bits per heavy atom. The molecule has 0 fully saturated rings. The molecule has 154 valence electrons. The molecule has 0 unspecified atom stereocenters. The molecular weight excluding hydrogens is 340 g/mol. The fourth-order valence-electron chi connectivity index (χ4n) is 2.69. The van der Waals surface area contributed by atoms with Crippen LogP contribution in [0.5, 0.6) is 5.75 Å². The molecule has 4 heteroatoms. The van der Waals surface area contributed by atoms with Crippen molar-refractivity contribution in [3.8, 4) is 5.75 Å². The van der Waals surface area contributed by atoms with Crippen molar-refractivity contribution in [3.63, 3.8) is 0 Å². The van der Waals surface area contributed by atoms with Gasteiger partial charge in [-0.15, -0.1) is 6.58 Å². The first-order valence-electron chi connectivity index (χ1n) is 10.4. The molecule has 0 saturated carbocycles. The molecule has 27 heavy (non-hydrogen) atoms. The predicted molar refractivity (Wildman–Crippen MR) is 112 cm³/mol. The number of hydrogen-bond donors (Lipinski definition) is 0. The summed E-state index contributed by atoms with van der Waals surface area (Å²) in [5.41, 5.74) is 1.39. The summed E-state index contributed by atoms with van der Waals surface area (Å²) in [6.45, 7) is 9.85. The molecule has 0 aliphatic carbocycles. The lowest BCUT2D eigenvalue weighted by atomic mass is 10.0. The first-order chi connectivity index (χ1) is 13.4. The maximum Gasteiger partial charge on any atom is 0.119 e. The van der Waals surface area contributed by atoms with Crippen molar-refractivity contribution < 1.29 is 18.9 Å². The van der Waals surface area contributed by atoms with Crippen LogP contribution >= 0.6 is 0 Å². The molecule has 0 heterocycles. The number of benzene rings is 1. The Morgan fingerprint density at radius 2 is 1.33 bits per heavy atom. The van der Waals surface area contributed by atoms with Crippen LogP contribution in [0.4, 0.5) is 0 Å². The summed E-state index contributed by atoms with van der Waals surface area (Å²) in [7, 11) is 0. The van der Waals surface area contributed by atoms with E-state index >= 15 is 0 Å². The Labute approximate surface area is 165 Å². The summed E-state index contributed by atoms with van der Waals surface area (Å²) in [5.74, 6) is 0.904. The lowest BCUT2D eigenvalue weighted by Gasteiger charge is -2.09. The van der Waals surface area contributed by atoms with E-state index in [-0.39, 0.29) is 0 Å². The Hall–Kier alpha value is -1.36. The second-order valence-electron chi connectivity index (χ2n) is 6.60. The van der Waals surface area contributed by atoms with Crippen molar-refractivity contribution >= 4 is 0 Å². The Balaban J connectivity index is 1.94. The van der Waals surface area contributed by atoms with Gasteiger partial charge in [0.2, 0.25) is 0 Å². The summed E-state index contributed by atoms with van der Waals surface area (Å²) in [4.78, 5) is 0. The van der Waals surface area contributed by atoms with Gasteiger partial charge >= 0.3 is 0 Å². The van der Waals surface area contributed by atoms with Gasteiger partial charge in [-0.1, -0.05) is 57.2 Å². The van der Waals surface area contributed by atoms with Crippen molar-refractivity contribution in [2.75, 3.05) is 46.2 Å². The second-order valence-corrected chi connectivity index (χ2v) is 6.60. The fourth-order valence-corrected chi connectivity index (χ4v) is 2.69. The molecule has 0 atom stereocenters. The van der Waals surface area contributed by atoms with Gasteiger partial charge in [-0.3, -0.25) is 0 Å². The van der Waals surface area contributed by atoms with Crippen molar-refractivity contribution in [1.29, 1.82) is 0 Å². The van der Waals surface area contributed by atoms with Crippen LogP contribution in [-0.2, 0) is 20.6 Å². The van der Waals surface area contributed by atoms with Gasteiger partial charge in [0.25, 0.3) is 0 Å². The van der Waals surface area contributed by atoms with Crippen molar-refractivity contribution in [2.24, 2.45) is 0 Å². The van der Waals surface area contributed by atoms with Gasteiger partial charge < -0.3 is 18.9 Å². The number of hydrogen-bond acceptors (Lipinski definition) is 4. The zero-order chi connectivity index (χ0) is 19.4. The molecule has 1 aromatic rings. The van der Waals surface area contributed by atoms with Gasteiger partial charge in [-0.05, 0) is 30.5 Å². The van der Waals surface area contributed by atoms with E-state index < -0.39 is 0 Å². The van der Waals surface area contributed by atoms with Crippen LogP contribution in [0, 0.1) is 0 Å². The molecule has 0 spiro atoms. The average Bonchev–Trinajstić information content (AvgIpc) is 2.70. The summed E-state index contributed by atoms with van der Waals surface area (Å²) in [5, 5.41) is 0. The number of ether oxygens (including phenoxy) is 4. The summed E-state index contributed by atoms with van der Waals surface area (Å²) in [6.07, 6.45) is 10.9. The van der Waals surface area contributed by atoms with E-state index in [2.05, 4.69) is 37.8 Å². The standard InChI is InChI=1S/C23H38O4/c1-3-5-6-7-8-9-10-22-11-13-23(14-12-22)27-21-20-26-19-18-25-17-16-24-15-4-2/h4,11-14H,2-3,5-10,15-21H2,1H3. The molecule has 4 nitrogen and oxygen atoms in total. The van der Waals surface area contributed by atoms with Crippen LogP contribution in [0.3, 0.4) is 0 Å². The number of aryl methyl sites for hydroxylation is 1. The second kappa shape index (κ2) is 18.0. The Morgan fingerprint density at radius 3 is 2.00 bits per heavy atom. The van der Waals surface area contributed by atoms with Gasteiger partial charge in [-0.25, -0.2) is 0 Å². The van der Waals surface area contributed by atoms with Crippen LogP contribution < -0.4 is 4.74 Å². The van der Waals surface area contributed by atoms with E-state index in [1.165, 1.54) is 44.1 Å². The minimum Gasteiger partial charge on any atom is -0.491 e. The SMILES string of the molecule is C=CCOCCOCCOCCOc1ccc(CCCCCCCC)cc1. The van der Waals surface area contributed by atoms with Crippen LogP contribution in [0.25, 0.3) is 0 Å². The number of unbranched alkanes of at least 4 members (excludes halogenated alkanes) is 5. The van der Waals surface area contributed by atoms with Gasteiger partial charge in [0.05, 0.1) is 39.6 Å². The van der Waals surface area contributed by atoms with Crippen molar-refractivity contribution in [2.45, 2.75) is 51.9 Å². The molecule has 1 aromatic carbocycles. The van der Waals surface area contributed by atoms with Crippen LogP contribution in [0.1, 0.15) is 51.0 Å². The highest BCUT2D eigenvalue weighted by Crippen LogP contribution is 2.15. The van der Waals surface area contributed by atoms with Gasteiger partial charge in [0.1, 0.15) is 12.4 Å². The summed E-state index contributed by atoms with van der Waals surface area (Å²) >= 11 is 0. The van der Waals surface area contributed by atoms with Crippen LogP contribution in [-0.4, -0.2) is 46.2 Å². The molecule has 0 N–H and O–H groups in total. The smallest absolute Gasteiger partial charge is 0.119 e. The predicted octanol–water partition coefficient (Wildman–Crippen LogP) is 5.20. The van der Waals surface area contributed by atoms with Crippen molar-refractivity contribution in [3.05, 3.63) is 42.5 Å². The molecule has 0 bridgehead atoms. The first kappa shape index (κ1) is 23.7. The third-order valence-corrected chi connectivity index (χ3v) is 4.22. The first-order valence-corrected chi connectivity index (χ1v) is 10.4. The lowest BCUT2D eigenvalue weighted by Crippen LogP contribution is -2.12. The molecular formula is C23H38O4. The van der Waals surface area contributed by atoms with E-state index in [0.29, 0.717) is 46.2 Å². The van der Waals surface area contributed by atoms with Gasteiger partial charge in [0, 0.05) is 0 Å². The van der Waals surface area contributed by atoms with E-state index in [4.69, 9.17) is 18.9 Å². The number of rotatable bonds is 19. The molecule has 0 amide bonds. The molecule has 0 aliphatic heterocycles. The van der Waals surface area contributed by atoms with Crippen molar-refractivity contribution in [1.82, 2.24) is 0 Å². The Kier molecular flexibility index (Phi) is 15.8. The third-order valence-electron chi connectivity index (χ3n) is 4.22. The molecule has 0 aromatic heterocycles. The third kappa shape index (κ3) is 14.4. The van der Waals surface area contributed by atoms with E-state index in [1.807, 2.05) is 0 Å². The quantitative estimate of drug-likeness (QED) is 0.245. The monoisotopic (exact) mass is 378 g/mol. The van der Waals surface area contributed by atoms with Gasteiger partial charge in [0.15, 0.2) is 0 Å². The molecule has 0 radical (unpaired) electrons. The molecule has 0 aliphatic rings. The summed E-state index contributed by atoms with van der Waals surface area (Å²) < 4.78 is 21.8. The zero-order valence-corrected chi connectivity index (χ0v) is 17.1. The highest BCUT2D eigenvalue weighted by Gasteiger charge is 1.98. The normalized spacial score (nSPS) is 10.9. The van der Waals surface area contributed by atoms with Crippen LogP contribution in [0.2, 0.25) is 0 Å².